The van der Waals surface area contributed by atoms with Gasteiger partial charge in [-0.15, -0.1) is 0 Å². The lowest BCUT2D eigenvalue weighted by molar-refractivity contribution is -0.127. The first-order valence-corrected chi connectivity index (χ1v) is 9.28. The van der Waals surface area contributed by atoms with Gasteiger partial charge in [-0.25, -0.2) is 0 Å². The predicted molar refractivity (Wildman–Crippen MR) is 97.0 cm³/mol. The molecule has 2 atom stereocenters. The van der Waals surface area contributed by atoms with Crippen molar-refractivity contribution in [1.82, 2.24) is 0 Å². The van der Waals surface area contributed by atoms with Gasteiger partial charge in [0.15, 0.2) is 0 Å². The van der Waals surface area contributed by atoms with E-state index in [2.05, 4.69) is 54.6 Å². The molecule has 1 saturated heterocycles. The van der Waals surface area contributed by atoms with Gasteiger partial charge in [0.1, 0.15) is 11.5 Å². The van der Waals surface area contributed by atoms with E-state index in [-0.39, 0.29) is 28.4 Å². The van der Waals surface area contributed by atoms with Gasteiger partial charge in [0.05, 0.1) is 31.7 Å². The molecule has 0 radical (unpaired) electrons. The van der Waals surface area contributed by atoms with E-state index in [1.807, 2.05) is 0 Å². The lowest BCUT2D eigenvalue weighted by atomic mass is 9.46. The second-order valence-electron chi connectivity index (χ2n) is 8.08. The number of hydrogen-bond donors (Lipinski definition) is 0. The zero-order valence-electron chi connectivity index (χ0n) is 14.7. The van der Waals surface area contributed by atoms with Crippen molar-refractivity contribution in [3.63, 3.8) is 0 Å². The number of allylic oxidation sites excluding steroid dienone is 1. The molecule has 2 spiro atoms. The van der Waals surface area contributed by atoms with Gasteiger partial charge in [-0.3, -0.25) is 4.79 Å². The van der Waals surface area contributed by atoms with Crippen LogP contribution in [-0.4, -0.2) is 26.1 Å². The van der Waals surface area contributed by atoms with Crippen LogP contribution in [0.25, 0.3) is 0 Å². The Morgan fingerprint density at radius 2 is 1.62 bits per heavy atom. The summed E-state index contributed by atoms with van der Waals surface area (Å²) < 4.78 is 11.9. The average molecular weight is 344 g/mol. The third-order valence-corrected chi connectivity index (χ3v) is 7.17. The average Bonchev–Trinajstić information content (AvgIpc) is 2.98. The number of rotatable bonds is 1. The van der Waals surface area contributed by atoms with Crippen LogP contribution in [0.2, 0.25) is 0 Å². The molecule has 0 saturated carbocycles. The number of carbonyl (C=O) groups is 1. The van der Waals surface area contributed by atoms with Crippen LogP contribution in [0, 0.1) is 11.3 Å². The fourth-order valence-corrected chi connectivity index (χ4v) is 6.23. The van der Waals surface area contributed by atoms with Gasteiger partial charge in [-0.2, -0.15) is 0 Å². The number of Topliss-reactive ketones (excluding diaryl/α,β-unsaturated/α-hetero) is 1. The number of hydrogen-bond acceptors (Lipinski definition) is 3. The Morgan fingerprint density at radius 1 is 0.962 bits per heavy atom. The zero-order chi connectivity index (χ0) is 17.5. The van der Waals surface area contributed by atoms with Crippen LogP contribution in [0.3, 0.4) is 0 Å². The van der Waals surface area contributed by atoms with Crippen LogP contribution in [0.5, 0.6) is 0 Å². The normalized spacial score (nSPS) is 35.9. The maximum Gasteiger partial charge on any atom is 0.145 e. The maximum atomic E-state index is 13.4. The van der Waals surface area contributed by atoms with Crippen molar-refractivity contribution in [3.05, 3.63) is 82.6 Å². The van der Waals surface area contributed by atoms with Crippen LogP contribution >= 0.6 is 0 Å². The van der Waals surface area contributed by atoms with Gasteiger partial charge < -0.3 is 9.47 Å². The summed E-state index contributed by atoms with van der Waals surface area (Å²) in [5, 5.41) is 0. The molecule has 0 aromatic heterocycles. The van der Waals surface area contributed by atoms with Gasteiger partial charge in [-0.05, 0) is 28.3 Å². The van der Waals surface area contributed by atoms with E-state index in [4.69, 9.17) is 9.47 Å². The van der Waals surface area contributed by atoms with Crippen molar-refractivity contribution < 1.29 is 14.3 Å². The molecule has 3 heteroatoms. The van der Waals surface area contributed by atoms with E-state index in [1.54, 1.807) is 7.11 Å². The van der Waals surface area contributed by atoms with E-state index >= 15 is 0 Å². The van der Waals surface area contributed by atoms with Gasteiger partial charge in [-0.1, -0.05) is 48.5 Å². The summed E-state index contributed by atoms with van der Waals surface area (Å²) in [7, 11) is 1.70. The van der Waals surface area contributed by atoms with E-state index < -0.39 is 0 Å². The molecule has 1 heterocycles. The zero-order valence-corrected chi connectivity index (χ0v) is 14.7. The highest BCUT2D eigenvalue weighted by molar-refractivity contribution is 5.90. The van der Waals surface area contributed by atoms with E-state index in [1.165, 1.54) is 22.3 Å². The molecule has 2 aromatic rings. The third kappa shape index (κ3) is 1.41. The van der Waals surface area contributed by atoms with Gasteiger partial charge in [0, 0.05) is 17.8 Å². The fourth-order valence-electron chi connectivity index (χ4n) is 6.23. The molecule has 0 unspecified atom stereocenters. The summed E-state index contributed by atoms with van der Waals surface area (Å²) in [6, 6.07) is 17.3. The molecule has 3 nitrogen and oxygen atoms in total. The minimum absolute atomic E-state index is 0.0191. The summed E-state index contributed by atoms with van der Waals surface area (Å²) in [6.07, 6.45) is 2.77. The number of benzene rings is 2. The second-order valence-corrected chi connectivity index (χ2v) is 8.08. The molecule has 7 aliphatic rings. The van der Waals surface area contributed by atoms with Crippen molar-refractivity contribution in [2.75, 3.05) is 20.3 Å². The first-order valence-electron chi connectivity index (χ1n) is 9.28. The largest absolute Gasteiger partial charge is 0.501 e. The quantitative estimate of drug-likeness (QED) is 0.793. The SMILES string of the molecule is COC1=C[C@]23COCC24c2ccccc2C(c2ccccc24)[C@H]1C(=O)C3. The van der Waals surface area contributed by atoms with Crippen LogP contribution < -0.4 is 0 Å². The Bertz CT molecular complexity index is 941. The van der Waals surface area contributed by atoms with Crippen LogP contribution in [0.15, 0.2) is 60.4 Å². The number of carbonyl (C=O) groups excluding carboxylic acids is 1. The predicted octanol–water partition coefficient (Wildman–Crippen LogP) is 3.57. The summed E-state index contributed by atoms with van der Waals surface area (Å²) in [4.78, 5) is 13.4. The topological polar surface area (TPSA) is 35.5 Å². The smallest absolute Gasteiger partial charge is 0.145 e. The molecule has 6 aliphatic carbocycles. The molecule has 2 aromatic carbocycles. The highest BCUT2D eigenvalue weighted by Gasteiger charge is 2.66. The Balaban J connectivity index is 1.84. The Labute approximate surface area is 152 Å². The van der Waals surface area contributed by atoms with Crippen molar-refractivity contribution in [2.24, 2.45) is 11.3 Å². The number of methoxy groups -OCH3 is 1. The summed E-state index contributed by atoms with van der Waals surface area (Å²) in [5.41, 5.74) is 4.52. The summed E-state index contributed by atoms with van der Waals surface area (Å²) in [6.45, 7) is 1.17. The Hall–Kier alpha value is -2.39. The number of ketones is 1. The number of ether oxygens (including phenoxy) is 2. The van der Waals surface area contributed by atoms with Crippen LogP contribution in [0.4, 0.5) is 0 Å². The minimum Gasteiger partial charge on any atom is -0.501 e. The second kappa shape index (κ2) is 4.66. The van der Waals surface area contributed by atoms with E-state index in [0.29, 0.717) is 19.6 Å². The van der Waals surface area contributed by atoms with Crippen molar-refractivity contribution in [3.8, 4) is 0 Å². The molecular formula is C23H20O3. The van der Waals surface area contributed by atoms with Crippen LogP contribution in [0.1, 0.15) is 34.6 Å². The molecule has 1 aliphatic heterocycles. The third-order valence-electron chi connectivity index (χ3n) is 7.17. The fraction of sp³-hybridized carbons (Fsp3) is 0.348. The first kappa shape index (κ1) is 14.7. The van der Waals surface area contributed by atoms with E-state index in [9.17, 15) is 4.79 Å². The van der Waals surface area contributed by atoms with Gasteiger partial charge >= 0.3 is 0 Å². The monoisotopic (exact) mass is 344 g/mol. The van der Waals surface area contributed by atoms with Crippen LogP contribution in [-0.2, 0) is 19.7 Å². The Kier molecular flexibility index (Phi) is 2.64. The maximum absolute atomic E-state index is 13.4. The summed E-state index contributed by atoms with van der Waals surface area (Å²) >= 11 is 0. The molecular weight excluding hydrogens is 324 g/mol. The highest BCUT2D eigenvalue weighted by Crippen LogP contribution is 2.66. The van der Waals surface area contributed by atoms with Crippen molar-refractivity contribution >= 4 is 5.78 Å². The highest BCUT2D eigenvalue weighted by atomic mass is 16.5. The molecule has 1 fully saturated rings. The molecule has 0 N–H and O–H groups in total. The molecule has 26 heavy (non-hydrogen) atoms. The molecule has 9 rings (SSSR count). The lowest BCUT2D eigenvalue weighted by Gasteiger charge is -2.55. The molecule has 4 bridgehead atoms. The van der Waals surface area contributed by atoms with Gasteiger partial charge in [0.2, 0.25) is 0 Å². The lowest BCUT2D eigenvalue weighted by Crippen LogP contribution is -2.55. The molecule has 130 valence electrons. The minimum atomic E-state index is -0.372. The van der Waals surface area contributed by atoms with Crippen molar-refractivity contribution in [1.29, 1.82) is 0 Å². The molecule has 0 amide bonds. The Morgan fingerprint density at radius 3 is 2.27 bits per heavy atom. The summed E-state index contributed by atoms with van der Waals surface area (Å²) in [5.74, 6) is 0.885. The van der Waals surface area contributed by atoms with Crippen molar-refractivity contribution in [2.45, 2.75) is 17.8 Å². The van der Waals surface area contributed by atoms with Gasteiger partial charge in [0.25, 0.3) is 0 Å². The van der Waals surface area contributed by atoms with E-state index in [0.717, 1.165) is 5.76 Å². The standard InChI is InChI=1S/C23H20O3/c1-25-19-11-22-10-18(24)21(19)20-14-6-2-4-8-16(14)23(22,13-26-12-22)17-9-5-3-7-15(17)20/h2-9,11,20-21H,10,12-13H2,1H3/t20?,21-,22+,23?/m0/s1. The first-order chi connectivity index (χ1) is 12.7.